The molecular weight excluding hydrogens is 218 g/mol. The number of aryl methyl sites for hydroxylation is 1. The van der Waals surface area contributed by atoms with Crippen molar-refractivity contribution in [1.82, 2.24) is 0 Å². The molecule has 0 heterocycles. The number of benzene rings is 2. The monoisotopic (exact) mass is 230 g/mol. The van der Waals surface area contributed by atoms with Crippen LogP contribution in [0.15, 0.2) is 42.5 Å². The van der Waals surface area contributed by atoms with E-state index in [1.165, 1.54) is 18.2 Å². The lowest BCUT2D eigenvalue weighted by Crippen LogP contribution is -1.83. The summed E-state index contributed by atoms with van der Waals surface area (Å²) >= 11 is 0. The summed E-state index contributed by atoms with van der Waals surface area (Å²) in [5.41, 5.74) is 2.09. The number of hydrogen-bond donors (Lipinski definition) is 0. The zero-order chi connectivity index (χ0) is 12.3. The van der Waals surface area contributed by atoms with Crippen LogP contribution >= 0.6 is 0 Å². The molecule has 0 nitrogen and oxygen atoms in total. The lowest BCUT2D eigenvalue weighted by atomic mass is 10.1. The molecule has 0 radical (unpaired) electrons. The van der Waals surface area contributed by atoms with Gasteiger partial charge in [0.05, 0.1) is 0 Å². The highest BCUT2D eigenvalue weighted by Gasteiger charge is 1.98. The predicted molar refractivity (Wildman–Crippen MR) is 66.5 cm³/mol. The first-order valence-electron chi connectivity index (χ1n) is 5.35. The molecular formula is C15H12F2. The van der Waals surface area contributed by atoms with Crippen LogP contribution in [0.1, 0.15) is 16.7 Å². The molecule has 0 fully saturated rings. The van der Waals surface area contributed by atoms with Crippen LogP contribution in [0, 0.1) is 18.6 Å². The third kappa shape index (κ3) is 3.00. The lowest BCUT2D eigenvalue weighted by Gasteiger charge is -1.98. The van der Waals surface area contributed by atoms with Crippen LogP contribution in [-0.4, -0.2) is 0 Å². The summed E-state index contributed by atoms with van der Waals surface area (Å²) in [5.74, 6) is -0.561. The van der Waals surface area contributed by atoms with Crippen molar-refractivity contribution in [3.63, 3.8) is 0 Å². The average Bonchev–Trinajstić information content (AvgIpc) is 2.28. The minimum atomic E-state index is -0.295. The van der Waals surface area contributed by atoms with Crippen molar-refractivity contribution in [2.75, 3.05) is 0 Å². The first-order chi connectivity index (χ1) is 8.15. The van der Waals surface area contributed by atoms with E-state index in [-0.39, 0.29) is 11.6 Å². The SMILES string of the molecule is Cc1ccc(/C=C/c2cccc(F)c2)c(F)c1. The first-order valence-corrected chi connectivity index (χ1v) is 5.35. The van der Waals surface area contributed by atoms with Gasteiger partial charge in [0.25, 0.3) is 0 Å². The Morgan fingerprint density at radius 3 is 2.47 bits per heavy atom. The molecule has 0 aliphatic heterocycles. The Balaban J connectivity index is 2.26. The Hall–Kier alpha value is -1.96. The van der Waals surface area contributed by atoms with Gasteiger partial charge in [0, 0.05) is 5.56 Å². The summed E-state index contributed by atoms with van der Waals surface area (Å²) < 4.78 is 26.4. The molecule has 2 rings (SSSR count). The minimum absolute atomic E-state index is 0.266. The fourth-order valence-corrected chi connectivity index (χ4v) is 1.56. The maximum Gasteiger partial charge on any atom is 0.130 e. The van der Waals surface area contributed by atoms with Gasteiger partial charge in [0.2, 0.25) is 0 Å². The zero-order valence-corrected chi connectivity index (χ0v) is 9.45. The number of hydrogen-bond acceptors (Lipinski definition) is 0. The van der Waals surface area contributed by atoms with E-state index in [0.717, 1.165) is 5.56 Å². The van der Waals surface area contributed by atoms with Crippen LogP contribution < -0.4 is 0 Å². The van der Waals surface area contributed by atoms with E-state index < -0.39 is 0 Å². The molecule has 0 spiro atoms. The fraction of sp³-hybridized carbons (Fsp3) is 0.0667. The highest BCUT2D eigenvalue weighted by atomic mass is 19.1. The second-order valence-corrected chi connectivity index (χ2v) is 3.91. The minimum Gasteiger partial charge on any atom is -0.207 e. The van der Waals surface area contributed by atoms with Gasteiger partial charge in [-0.25, -0.2) is 8.78 Å². The van der Waals surface area contributed by atoms with Crippen LogP contribution in [0.2, 0.25) is 0 Å². The van der Waals surface area contributed by atoms with Gasteiger partial charge in [-0.1, -0.05) is 36.4 Å². The topological polar surface area (TPSA) is 0 Å². The molecule has 0 saturated carbocycles. The van der Waals surface area contributed by atoms with Gasteiger partial charge >= 0.3 is 0 Å². The third-order valence-corrected chi connectivity index (χ3v) is 2.46. The van der Waals surface area contributed by atoms with E-state index >= 15 is 0 Å². The molecule has 0 saturated heterocycles. The van der Waals surface area contributed by atoms with Crippen molar-refractivity contribution in [3.05, 3.63) is 70.8 Å². The lowest BCUT2D eigenvalue weighted by molar-refractivity contribution is 0.624. The molecule has 86 valence electrons. The Kier molecular flexibility index (Phi) is 3.33. The molecule has 2 aromatic carbocycles. The second kappa shape index (κ2) is 4.91. The van der Waals surface area contributed by atoms with Gasteiger partial charge in [-0.2, -0.15) is 0 Å². The van der Waals surface area contributed by atoms with Crippen LogP contribution in [-0.2, 0) is 0 Å². The smallest absolute Gasteiger partial charge is 0.130 e. The van der Waals surface area contributed by atoms with E-state index in [9.17, 15) is 8.78 Å². The summed E-state index contributed by atoms with van der Waals surface area (Å²) in [6.07, 6.45) is 3.33. The zero-order valence-electron chi connectivity index (χ0n) is 9.45. The van der Waals surface area contributed by atoms with Gasteiger partial charge in [0.15, 0.2) is 0 Å². The molecule has 0 aromatic heterocycles. The Morgan fingerprint density at radius 2 is 1.76 bits per heavy atom. The molecule has 0 unspecified atom stereocenters. The van der Waals surface area contributed by atoms with Gasteiger partial charge in [0.1, 0.15) is 11.6 Å². The molecule has 0 N–H and O–H groups in total. The highest BCUT2D eigenvalue weighted by molar-refractivity contribution is 5.69. The molecule has 2 aromatic rings. The summed E-state index contributed by atoms with van der Waals surface area (Å²) in [5, 5.41) is 0. The molecule has 0 aliphatic carbocycles. The standard InChI is InChI=1S/C15H12F2/c1-11-5-7-13(15(17)9-11)8-6-12-3-2-4-14(16)10-12/h2-10H,1H3/b8-6+. The maximum atomic E-state index is 13.5. The van der Waals surface area contributed by atoms with Crippen molar-refractivity contribution in [3.8, 4) is 0 Å². The molecule has 0 aliphatic rings. The Bertz CT molecular complexity index is 557. The average molecular weight is 230 g/mol. The molecule has 0 amide bonds. The highest BCUT2D eigenvalue weighted by Crippen LogP contribution is 2.14. The van der Waals surface area contributed by atoms with E-state index in [4.69, 9.17) is 0 Å². The maximum absolute atomic E-state index is 13.5. The van der Waals surface area contributed by atoms with Gasteiger partial charge in [-0.15, -0.1) is 0 Å². The van der Waals surface area contributed by atoms with Crippen molar-refractivity contribution >= 4 is 12.2 Å². The van der Waals surface area contributed by atoms with Gasteiger partial charge < -0.3 is 0 Å². The molecule has 2 heteroatoms. The number of rotatable bonds is 2. The summed E-state index contributed by atoms with van der Waals surface area (Å²) in [7, 11) is 0. The Morgan fingerprint density at radius 1 is 0.941 bits per heavy atom. The van der Waals surface area contributed by atoms with Crippen LogP contribution in [0.4, 0.5) is 8.78 Å². The first kappa shape index (κ1) is 11.5. The van der Waals surface area contributed by atoms with Gasteiger partial charge in [-0.3, -0.25) is 0 Å². The predicted octanol–water partition coefficient (Wildman–Crippen LogP) is 4.44. The summed E-state index contributed by atoms with van der Waals surface area (Å²) in [6.45, 7) is 1.84. The van der Waals surface area contributed by atoms with Crippen molar-refractivity contribution < 1.29 is 8.78 Å². The normalized spacial score (nSPS) is 11.0. The molecule has 0 bridgehead atoms. The van der Waals surface area contributed by atoms with E-state index in [2.05, 4.69) is 0 Å². The van der Waals surface area contributed by atoms with E-state index in [1.807, 2.05) is 13.0 Å². The van der Waals surface area contributed by atoms with Crippen molar-refractivity contribution in [2.24, 2.45) is 0 Å². The quantitative estimate of drug-likeness (QED) is 0.669. The summed E-state index contributed by atoms with van der Waals surface area (Å²) in [4.78, 5) is 0. The van der Waals surface area contributed by atoms with Crippen LogP contribution in [0.5, 0.6) is 0 Å². The van der Waals surface area contributed by atoms with E-state index in [1.54, 1.807) is 30.4 Å². The van der Waals surface area contributed by atoms with Crippen LogP contribution in [0.3, 0.4) is 0 Å². The van der Waals surface area contributed by atoms with E-state index in [0.29, 0.717) is 11.1 Å². The number of halogens is 2. The van der Waals surface area contributed by atoms with Crippen LogP contribution in [0.25, 0.3) is 12.2 Å². The van der Waals surface area contributed by atoms with Crippen molar-refractivity contribution in [1.29, 1.82) is 0 Å². The third-order valence-electron chi connectivity index (χ3n) is 2.46. The molecule has 17 heavy (non-hydrogen) atoms. The van der Waals surface area contributed by atoms with Crippen molar-refractivity contribution in [2.45, 2.75) is 6.92 Å². The Labute approximate surface area is 99.2 Å². The largest absolute Gasteiger partial charge is 0.207 e. The van der Waals surface area contributed by atoms with Gasteiger partial charge in [-0.05, 0) is 36.2 Å². The second-order valence-electron chi connectivity index (χ2n) is 3.91. The molecule has 0 atom stereocenters. The fourth-order valence-electron chi connectivity index (χ4n) is 1.56. The summed E-state index contributed by atoms with van der Waals surface area (Å²) in [6, 6.07) is 11.2.